The molecular formula is C22H28FN7O2S. The number of rotatable bonds is 8. The largest absolute Gasteiger partial charge is 0.352 e. The minimum atomic E-state index is -3.19. The molecule has 0 N–H and O–H groups in total. The number of hydrogen-bond donors (Lipinski definition) is 0. The van der Waals surface area contributed by atoms with Crippen LogP contribution in [0.2, 0.25) is 0 Å². The zero-order chi connectivity index (χ0) is 23.4. The molecule has 3 aromatic rings. The van der Waals surface area contributed by atoms with Crippen LogP contribution in [0, 0.1) is 5.82 Å². The third kappa shape index (κ3) is 5.92. The Labute approximate surface area is 193 Å². The number of hydrogen-bond acceptors (Lipinski definition) is 7. The highest BCUT2D eigenvalue weighted by molar-refractivity contribution is 7.88. The maximum Gasteiger partial charge on any atom is 0.211 e. The second kappa shape index (κ2) is 9.94. The van der Waals surface area contributed by atoms with E-state index in [0.29, 0.717) is 13.1 Å². The predicted molar refractivity (Wildman–Crippen MR) is 125 cm³/mol. The minimum absolute atomic E-state index is 0.274. The van der Waals surface area contributed by atoms with Crippen LogP contribution in [0.1, 0.15) is 5.56 Å². The maximum absolute atomic E-state index is 13.3. The van der Waals surface area contributed by atoms with Gasteiger partial charge in [0.15, 0.2) is 5.82 Å². The highest BCUT2D eigenvalue weighted by atomic mass is 32.2. The summed E-state index contributed by atoms with van der Waals surface area (Å²) in [5, 5.41) is 4.36. The van der Waals surface area contributed by atoms with Crippen molar-refractivity contribution in [3.63, 3.8) is 0 Å². The van der Waals surface area contributed by atoms with Gasteiger partial charge in [0, 0.05) is 76.0 Å². The third-order valence-electron chi connectivity index (χ3n) is 5.77. The molecule has 1 aliphatic heterocycles. The van der Waals surface area contributed by atoms with Gasteiger partial charge in [-0.25, -0.2) is 22.1 Å². The van der Waals surface area contributed by atoms with E-state index in [2.05, 4.69) is 24.9 Å². The van der Waals surface area contributed by atoms with Crippen molar-refractivity contribution in [2.45, 2.75) is 13.1 Å². The van der Waals surface area contributed by atoms with E-state index >= 15 is 0 Å². The van der Waals surface area contributed by atoms with Gasteiger partial charge in [-0.3, -0.25) is 14.6 Å². The molecule has 0 radical (unpaired) electrons. The van der Waals surface area contributed by atoms with Crippen molar-refractivity contribution >= 4 is 15.8 Å². The Morgan fingerprint density at radius 3 is 2.45 bits per heavy atom. The second-order valence-corrected chi connectivity index (χ2v) is 10.3. The number of likely N-dealkylation sites (N-methyl/N-ethyl adjacent to an activating group) is 1. The van der Waals surface area contributed by atoms with Crippen LogP contribution in [0.15, 0.2) is 49.1 Å². The van der Waals surface area contributed by atoms with Crippen molar-refractivity contribution < 1.29 is 12.8 Å². The predicted octanol–water partition coefficient (Wildman–Crippen LogP) is 1.69. The molecule has 0 unspecified atom stereocenters. The van der Waals surface area contributed by atoms with Crippen LogP contribution >= 0.6 is 0 Å². The molecule has 1 aliphatic rings. The van der Waals surface area contributed by atoms with E-state index in [0.717, 1.165) is 55.4 Å². The van der Waals surface area contributed by atoms with Crippen molar-refractivity contribution in [1.29, 1.82) is 0 Å². The first kappa shape index (κ1) is 23.3. The summed E-state index contributed by atoms with van der Waals surface area (Å²) in [5.74, 6) is 0.537. The number of nitrogens with zero attached hydrogens (tertiary/aromatic N) is 7. The molecule has 0 aliphatic carbocycles. The highest BCUT2D eigenvalue weighted by Crippen LogP contribution is 2.27. The lowest BCUT2D eigenvalue weighted by atomic mass is 10.1. The second-order valence-electron chi connectivity index (χ2n) is 8.19. The average molecular weight is 474 g/mol. The summed E-state index contributed by atoms with van der Waals surface area (Å²) in [7, 11) is -1.62. The van der Waals surface area contributed by atoms with Gasteiger partial charge in [0.2, 0.25) is 10.0 Å². The van der Waals surface area contributed by atoms with Crippen molar-refractivity contribution in [2.75, 3.05) is 50.9 Å². The topological polar surface area (TPSA) is 87.5 Å². The van der Waals surface area contributed by atoms with Gasteiger partial charge in [-0.15, -0.1) is 0 Å². The molecule has 33 heavy (non-hydrogen) atoms. The number of halogens is 1. The summed E-state index contributed by atoms with van der Waals surface area (Å²) in [4.78, 5) is 13.6. The van der Waals surface area contributed by atoms with Crippen LogP contribution < -0.4 is 4.90 Å². The zero-order valence-corrected chi connectivity index (χ0v) is 19.6. The Morgan fingerprint density at radius 1 is 1.06 bits per heavy atom. The standard InChI is InChI=1S/C22H28FN7O2S/c1-27(33(2,31)32)9-14-30-17-18(15-26-30)16-28-10-12-29(13-11-28)22-21(24-7-8-25-22)19-3-5-20(23)6-4-19/h3-8,15,17H,9-14,16H2,1-2H3. The molecule has 0 saturated carbocycles. The number of sulfonamides is 1. The molecule has 3 heterocycles. The van der Waals surface area contributed by atoms with E-state index in [9.17, 15) is 12.8 Å². The summed E-state index contributed by atoms with van der Waals surface area (Å²) in [6.07, 6.45) is 8.35. The molecule has 9 nitrogen and oxygen atoms in total. The monoisotopic (exact) mass is 473 g/mol. The fraction of sp³-hybridized carbons (Fsp3) is 0.409. The van der Waals surface area contributed by atoms with Gasteiger partial charge in [0.1, 0.15) is 11.5 Å². The quantitative estimate of drug-likeness (QED) is 0.492. The molecule has 11 heteroatoms. The van der Waals surface area contributed by atoms with Gasteiger partial charge >= 0.3 is 0 Å². The maximum atomic E-state index is 13.3. The lowest BCUT2D eigenvalue weighted by Gasteiger charge is -2.35. The van der Waals surface area contributed by atoms with Crippen molar-refractivity contribution in [1.82, 2.24) is 29.0 Å². The van der Waals surface area contributed by atoms with E-state index in [1.807, 2.05) is 12.4 Å². The minimum Gasteiger partial charge on any atom is -0.352 e. The van der Waals surface area contributed by atoms with E-state index in [1.165, 1.54) is 22.7 Å². The SMILES string of the molecule is CN(CCn1cc(CN2CCN(c3nccnc3-c3ccc(F)cc3)CC2)cn1)S(C)(=O)=O. The van der Waals surface area contributed by atoms with Gasteiger partial charge < -0.3 is 4.90 Å². The Morgan fingerprint density at radius 2 is 1.76 bits per heavy atom. The Bertz CT molecular complexity index is 1180. The number of benzene rings is 1. The summed E-state index contributed by atoms with van der Waals surface area (Å²) in [5.41, 5.74) is 2.69. The lowest BCUT2D eigenvalue weighted by Crippen LogP contribution is -2.46. The molecule has 1 fully saturated rings. The van der Waals surface area contributed by atoms with Crippen molar-refractivity contribution in [3.05, 3.63) is 60.4 Å². The van der Waals surface area contributed by atoms with Gasteiger partial charge in [-0.05, 0) is 24.3 Å². The molecule has 4 rings (SSSR count). The molecule has 0 spiro atoms. The third-order valence-corrected chi connectivity index (χ3v) is 7.09. The van der Waals surface area contributed by atoms with Crippen LogP contribution in [0.3, 0.4) is 0 Å². The Kier molecular flexibility index (Phi) is 7.01. The van der Waals surface area contributed by atoms with E-state index in [-0.39, 0.29) is 5.82 Å². The molecule has 2 aromatic heterocycles. The van der Waals surface area contributed by atoms with Crippen LogP contribution in [-0.2, 0) is 23.1 Å². The molecule has 1 aromatic carbocycles. The van der Waals surface area contributed by atoms with E-state index < -0.39 is 10.0 Å². The van der Waals surface area contributed by atoms with Crippen molar-refractivity contribution in [2.24, 2.45) is 0 Å². The smallest absolute Gasteiger partial charge is 0.211 e. The number of aromatic nitrogens is 4. The summed E-state index contributed by atoms with van der Waals surface area (Å²) in [6, 6.07) is 6.32. The highest BCUT2D eigenvalue weighted by Gasteiger charge is 2.22. The van der Waals surface area contributed by atoms with Crippen LogP contribution in [0.4, 0.5) is 10.2 Å². The van der Waals surface area contributed by atoms with Crippen LogP contribution in [0.25, 0.3) is 11.3 Å². The van der Waals surface area contributed by atoms with Gasteiger partial charge in [0.05, 0.1) is 19.0 Å². The summed E-state index contributed by atoms with van der Waals surface area (Å²) < 4.78 is 39.5. The van der Waals surface area contributed by atoms with Gasteiger partial charge in [-0.2, -0.15) is 5.10 Å². The molecule has 1 saturated heterocycles. The van der Waals surface area contributed by atoms with Gasteiger partial charge in [-0.1, -0.05) is 0 Å². The first-order valence-electron chi connectivity index (χ1n) is 10.8. The molecule has 0 bridgehead atoms. The molecule has 176 valence electrons. The fourth-order valence-corrected chi connectivity index (χ4v) is 4.18. The van der Waals surface area contributed by atoms with Gasteiger partial charge in [0.25, 0.3) is 0 Å². The zero-order valence-electron chi connectivity index (χ0n) is 18.8. The first-order valence-corrected chi connectivity index (χ1v) is 12.6. The average Bonchev–Trinajstić information content (AvgIpc) is 3.25. The van der Waals surface area contributed by atoms with E-state index in [1.54, 1.807) is 36.3 Å². The Hall–Kier alpha value is -2.89. The molecular weight excluding hydrogens is 445 g/mol. The number of piperazine rings is 1. The van der Waals surface area contributed by atoms with E-state index in [4.69, 9.17) is 0 Å². The van der Waals surface area contributed by atoms with Crippen LogP contribution in [-0.4, -0.2) is 83.4 Å². The fourth-order valence-electron chi connectivity index (χ4n) is 3.77. The Balaban J connectivity index is 1.33. The van der Waals surface area contributed by atoms with Crippen molar-refractivity contribution in [3.8, 4) is 11.3 Å². The summed E-state index contributed by atoms with van der Waals surface area (Å²) in [6.45, 7) is 5.01. The number of anilines is 1. The summed E-state index contributed by atoms with van der Waals surface area (Å²) >= 11 is 0. The first-order chi connectivity index (χ1) is 15.8. The molecule has 0 atom stereocenters. The lowest BCUT2D eigenvalue weighted by molar-refractivity contribution is 0.249. The molecule has 0 amide bonds. The normalized spacial score (nSPS) is 15.3. The van der Waals surface area contributed by atoms with Crippen LogP contribution in [0.5, 0.6) is 0 Å².